The summed E-state index contributed by atoms with van der Waals surface area (Å²) in [4.78, 5) is 0. The minimum atomic E-state index is 1.17. The second kappa shape index (κ2) is 6.32. The monoisotopic (exact) mass is 127 g/mol. The van der Waals surface area contributed by atoms with Crippen LogP contribution >= 0.6 is 9.12 Å². The first-order valence-electron chi connectivity index (χ1n) is 2.24. The van der Waals surface area contributed by atoms with Crippen LogP contribution in [0.2, 0.25) is 0 Å². The molecule has 0 aliphatic carbocycles. The molecule has 1 aromatic carbocycles. The lowest BCUT2D eigenvalue weighted by atomic mass is 10.4. The van der Waals surface area contributed by atoms with Crippen LogP contribution in [0.25, 0.3) is 0 Å². The van der Waals surface area contributed by atoms with Gasteiger partial charge in [-0.25, -0.2) is 0 Å². The molecule has 0 aliphatic rings. The van der Waals surface area contributed by atoms with Gasteiger partial charge in [-0.1, -0.05) is 41.0 Å². The fourth-order valence-corrected chi connectivity index (χ4v) is 0.385. The largest absolute Gasteiger partial charge is 0.310 e. The van der Waals surface area contributed by atoms with E-state index in [1.807, 2.05) is 36.4 Å². The third-order valence-electron chi connectivity index (χ3n) is 0.667. The van der Waals surface area contributed by atoms with Gasteiger partial charge in [0.25, 0.3) is 0 Å². The quantitative estimate of drug-likeness (QED) is 0.486. The Kier molecular flexibility index (Phi) is 5.78. The van der Waals surface area contributed by atoms with Gasteiger partial charge in [-0.3, -0.25) is 0 Å². The van der Waals surface area contributed by atoms with E-state index < -0.39 is 0 Å². The van der Waals surface area contributed by atoms with Crippen LogP contribution in [0.4, 0.5) is 0 Å². The van der Waals surface area contributed by atoms with Crippen molar-refractivity contribution in [1.82, 2.24) is 0 Å². The average Bonchev–Trinajstić information content (AvgIpc) is 1.96. The maximum absolute atomic E-state index is 8.17. The summed E-state index contributed by atoms with van der Waals surface area (Å²) in [7, 11) is 1.17. The van der Waals surface area contributed by atoms with Gasteiger partial charge in [0, 0.05) is 0 Å². The fourth-order valence-electron chi connectivity index (χ4n) is 0.385. The lowest BCUT2D eigenvalue weighted by Gasteiger charge is -1.69. The van der Waals surface area contributed by atoms with Crippen LogP contribution in [0, 0.1) is 0 Å². The first-order valence-corrected chi connectivity index (χ1v) is 2.71. The van der Waals surface area contributed by atoms with Crippen molar-refractivity contribution >= 4 is 9.12 Å². The van der Waals surface area contributed by atoms with Gasteiger partial charge in [-0.05, 0) is 0 Å². The molecular weight excluding hydrogens is 119 g/mol. The Bertz CT molecular complexity index is 91.4. The lowest BCUT2D eigenvalue weighted by molar-refractivity contribution is 0.607. The molecule has 0 fully saturated rings. The molecule has 1 atom stereocenters. The summed E-state index contributed by atoms with van der Waals surface area (Å²) in [5.41, 5.74) is 0. The van der Waals surface area contributed by atoms with E-state index in [1.165, 1.54) is 9.12 Å². The molecule has 8 heavy (non-hydrogen) atoms. The van der Waals surface area contributed by atoms with Crippen molar-refractivity contribution in [2.45, 2.75) is 0 Å². The highest BCUT2D eigenvalue weighted by atomic mass is 31.0. The van der Waals surface area contributed by atoms with E-state index in [2.05, 4.69) is 0 Å². The third-order valence-corrected chi connectivity index (χ3v) is 0.667. The summed E-state index contributed by atoms with van der Waals surface area (Å²) in [6.07, 6.45) is 0. The topological polar surface area (TPSA) is 17.1 Å². The Morgan fingerprint density at radius 2 is 0.750 bits per heavy atom. The molecule has 0 saturated carbocycles. The minimum Gasteiger partial charge on any atom is -0.0801 e. The standard InChI is InChI=1S/C6H6.H2OP/c1-2-4-6-5-3-1;1-2/h1-6H;2H2/q;+1. The van der Waals surface area contributed by atoms with E-state index in [9.17, 15) is 0 Å². The highest BCUT2D eigenvalue weighted by Crippen LogP contribution is 1.79. The molecule has 42 valence electrons. The molecule has 0 radical (unpaired) electrons. The molecule has 1 nitrogen and oxygen atoms in total. The van der Waals surface area contributed by atoms with Crippen LogP contribution in [0.15, 0.2) is 36.4 Å². The molecule has 0 amide bonds. The van der Waals surface area contributed by atoms with Gasteiger partial charge < -0.3 is 0 Å². The Balaban J connectivity index is 0.000000222. The molecule has 0 N–H and O–H groups in total. The summed E-state index contributed by atoms with van der Waals surface area (Å²) < 4.78 is 8.17. The van der Waals surface area contributed by atoms with E-state index in [0.717, 1.165) is 0 Å². The second-order valence-electron chi connectivity index (χ2n) is 1.15. The number of hydrogen-bond acceptors (Lipinski definition) is 1. The fraction of sp³-hybridized carbons (Fsp3) is 0. The summed E-state index contributed by atoms with van der Waals surface area (Å²) in [6, 6.07) is 12.0. The molecule has 0 spiro atoms. The first kappa shape index (κ1) is 7.32. The molecule has 0 bridgehead atoms. The summed E-state index contributed by atoms with van der Waals surface area (Å²) in [6.45, 7) is 0. The molecule has 1 rings (SSSR count). The maximum atomic E-state index is 8.17. The van der Waals surface area contributed by atoms with Crippen molar-refractivity contribution in [2.24, 2.45) is 0 Å². The van der Waals surface area contributed by atoms with Gasteiger partial charge >= 0.3 is 9.12 Å². The Hall–Kier alpha value is -0.680. The Morgan fingerprint density at radius 3 is 0.875 bits per heavy atom. The maximum Gasteiger partial charge on any atom is 0.310 e. The summed E-state index contributed by atoms with van der Waals surface area (Å²) in [5.74, 6) is 0. The predicted octanol–water partition coefficient (Wildman–Crippen LogP) is 1.89. The molecule has 0 heterocycles. The van der Waals surface area contributed by atoms with Gasteiger partial charge in [0.2, 0.25) is 0 Å². The number of hydrogen-bond donors (Lipinski definition) is 0. The molecule has 1 aromatic rings. The van der Waals surface area contributed by atoms with Crippen LogP contribution in [-0.4, -0.2) is 0 Å². The number of rotatable bonds is 0. The van der Waals surface area contributed by atoms with Crippen molar-refractivity contribution < 1.29 is 4.57 Å². The van der Waals surface area contributed by atoms with Crippen LogP contribution in [0.5, 0.6) is 0 Å². The van der Waals surface area contributed by atoms with Crippen molar-refractivity contribution in [2.75, 3.05) is 0 Å². The zero-order valence-corrected chi connectivity index (χ0v) is 5.60. The van der Waals surface area contributed by atoms with E-state index in [1.54, 1.807) is 0 Å². The van der Waals surface area contributed by atoms with E-state index in [0.29, 0.717) is 0 Å². The van der Waals surface area contributed by atoms with Crippen LogP contribution in [0.1, 0.15) is 0 Å². The Labute approximate surface area is 51.0 Å². The Morgan fingerprint density at radius 1 is 0.625 bits per heavy atom. The highest BCUT2D eigenvalue weighted by molar-refractivity contribution is 7.00. The highest BCUT2D eigenvalue weighted by Gasteiger charge is 1.57. The zero-order valence-electron chi connectivity index (χ0n) is 4.45. The van der Waals surface area contributed by atoms with Gasteiger partial charge in [0.15, 0.2) is 0 Å². The number of benzene rings is 1. The average molecular weight is 127 g/mol. The van der Waals surface area contributed by atoms with Gasteiger partial charge in [-0.2, -0.15) is 0 Å². The SMILES string of the molecule is O=[PH2+].c1ccccc1. The van der Waals surface area contributed by atoms with Crippen LogP contribution in [-0.2, 0) is 4.57 Å². The first-order chi connectivity index (χ1) is 4.00. The minimum absolute atomic E-state index is 1.17. The second-order valence-corrected chi connectivity index (χ2v) is 1.15. The smallest absolute Gasteiger partial charge is 0.0801 e. The van der Waals surface area contributed by atoms with Crippen molar-refractivity contribution in [3.63, 3.8) is 0 Å². The van der Waals surface area contributed by atoms with Crippen molar-refractivity contribution in [1.29, 1.82) is 0 Å². The van der Waals surface area contributed by atoms with Gasteiger partial charge in [0.1, 0.15) is 0 Å². The molecule has 0 saturated heterocycles. The molecule has 2 heteroatoms. The van der Waals surface area contributed by atoms with E-state index >= 15 is 0 Å². The van der Waals surface area contributed by atoms with Crippen molar-refractivity contribution in [3.05, 3.63) is 36.4 Å². The van der Waals surface area contributed by atoms with Gasteiger partial charge in [0.05, 0.1) is 0 Å². The summed E-state index contributed by atoms with van der Waals surface area (Å²) in [5, 5.41) is 0. The van der Waals surface area contributed by atoms with Gasteiger partial charge in [-0.15, -0.1) is 0 Å². The van der Waals surface area contributed by atoms with E-state index in [4.69, 9.17) is 4.57 Å². The summed E-state index contributed by atoms with van der Waals surface area (Å²) >= 11 is 0. The molecular formula is C6H8OP+. The van der Waals surface area contributed by atoms with Crippen LogP contribution < -0.4 is 0 Å². The van der Waals surface area contributed by atoms with Crippen molar-refractivity contribution in [3.8, 4) is 0 Å². The van der Waals surface area contributed by atoms with Crippen LogP contribution in [0.3, 0.4) is 0 Å². The molecule has 1 unspecified atom stereocenters. The normalized spacial score (nSPS) is 6.50. The predicted molar refractivity (Wildman–Crippen MR) is 36.8 cm³/mol. The molecule has 0 aliphatic heterocycles. The van der Waals surface area contributed by atoms with E-state index in [-0.39, 0.29) is 0 Å². The molecule has 0 aromatic heterocycles. The lowest BCUT2D eigenvalue weighted by Crippen LogP contribution is -1.47. The third kappa shape index (κ3) is 3.51. The zero-order chi connectivity index (χ0) is 6.24.